The Bertz CT molecular complexity index is 412. The van der Waals surface area contributed by atoms with Gasteiger partial charge in [-0.15, -0.1) is 26.3 Å². The molecule has 0 saturated carbocycles. The van der Waals surface area contributed by atoms with E-state index < -0.39 is 34.8 Å². The zero-order valence-electron chi connectivity index (χ0n) is 7.73. The second-order valence-corrected chi connectivity index (χ2v) is 3.23. The van der Waals surface area contributed by atoms with Crippen LogP contribution in [0.25, 0.3) is 0 Å². The Kier molecular flexibility index (Phi) is 4.01. The fourth-order valence-electron chi connectivity index (χ4n) is 0.737. The normalized spacial score (nSPS) is 12.4. The van der Waals surface area contributed by atoms with E-state index in [2.05, 4.69) is 19.4 Å². The summed E-state index contributed by atoms with van der Waals surface area (Å²) in [5, 5.41) is -2.17. The van der Waals surface area contributed by atoms with Crippen molar-refractivity contribution in [2.75, 3.05) is 0 Å². The monoisotopic (exact) mass is 316 g/mol. The summed E-state index contributed by atoms with van der Waals surface area (Å²) in [4.78, 5) is 5.76. The molecule has 0 aliphatic heterocycles. The maximum Gasteiger partial charge on any atom is 0.574 e. The summed E-state index contributed by atoms with van der Waals surface area (Å²) in [5.74, 6) is -2.80. The number of aromatic nitrogens is 2. The van der Waals surface area contributed by atoms with Crippen LogP contribution >= 0.6 is 23.2 Å². The number of halogens is 8. The molecule has 0 aliphatic rings. The molecular weight excluding hydrogens is 317 g/mol. The van der Waals surface area contributed by atoms with E-state index in [4.69, 9.17) is 23.2 Å². The Balaban J connectivity index is 3.14. The molecule has 0 fully saturated rings. The van der Waals surface area contributed by atoms with Gasteiger partial charge in [0.15, 0.2) is 5.02 Å². The Morgan fingerprint density at radius 2 is 1.11 bits per heavy atom. The lowest BCUT2D eigenvalue weighted by Gasteiger charge is -2.13. The molecule has 0 spiro atoms. The van der Waals surface area contributed by atoms with Crippen molar-refractivity contribution in [2.45, 2.75) is 12.7 Å². The minimum absolute atomic E-state index is 0.960. The first-order chi connectivity index (χ1) is 7.98. The van der Waals surface area contributed by atoms with Crippen LogP contribution < -0.4 is 9.47 Å². The van der Waals surface area contributed by atoms with Crippen LogP contribution in [0.15, 0.2) is 0 Å². The van der Waals surface area contributed by atoms with E-state index in [1.807, 2.05) is 0 Å². The van der Waals surface area contributed by atoms with Gasteiger partial charge >= 0.3 is 12.7 Å². The van der Waals surface area contributed by atoms with Gasteiger partial charge in [-0.2, -0.15) is 9.97 Å². The van der Waals surface area contributed by atoms with Crippen LogP contribution in [0.3, 0.4) is 0 Å². The SMILES string of the molecule is FC(F)(F)Oc1nc(Cl)nc(OC(F)(F)F)c1Cl. The predicted molar refractivity (Wildman–Crippen MR) is 45.4 cm³/mol. The molecular formula is C6Cl2F6N2O2. The van der Waals surface area contributed by atoms with Gasteiger partial charge in [-0.1, -0.05) is 11.6 Å². The molecule has 0 saturated heterocycles. The average Bonchev–Trinajstić information content (AvgIpc) is 2.07. The van der Waals surface area contributed by atoms with Crippen molar-refractivity contribution in [1.29, 1.82) is 0 Å². The quantitative estimate of drug-likeness (QED) is 0.618. The predicted octanol–water partition coefficient (Wildman–Crippen LogP) is 3.58. The molecule has 0 radical (unpaired) electrons. The van der Waals surface area contributed by atoms with Gasteiger partial charge in [0.1, 0.15) is 0 Å². The number of nitrogens with zero attached hydrogens (tertiary/aromatic N) is 2. The van der Waals surface area contributed by atoms with Gasteiger partial charge in [-0.25, -0.2) is 0 Å². The first-order valence-electron chi connectivity index (χ1n) is 3.72. The van der Waals surface area contributed by atoms with Crippen molar-refractivity contribution in [1.82, 2.24) is 9.97 Å². The van der Waals surface area contributed by atoms with Crippen molar-refractivity contribution >= 4 is 23.2 Å². The summed E-state index contributed by atoms with van der Waals surface area (Å²) in [7, 11) is 0. The molecule has 1 rings (SSSR count). The number of hydrogen-bond donors (Lipinski definition) is 0. The van der Waals surface area contributed by atoms with Crippen molar-refractivity contribution in [3.63, 3.8) is 0 Å². The first-order valence-corrected chi connectivity index (χ1v) is 4.48. The number of rotatable bonds is 2. The van der Waals surface area contributed by atoms with Crippen molar-refractivity contribution in [3.8, 4) is 11.8 Å². The summed E-state index contributed by atoms with van der Waals surface area (Å²) in [5.41, 5.74) is 0. The lowest BCUT2D eigenvalue weighted by Crippen LogP contribution is -2.21. The maximum absolute atomic E-state index is 11.9. The van der Waals surface area contributed by atoms with Crippen molar-refractivity contribution < 1.29 is 35.8 Å². The zero-order chi connectivity index (χ0) is 14.1. The molecule has 1 aromatic rings. The summed E-state index contributed by atoms with van der Waals surface area (Å²) in [6.07, 6.45) is -10.4. The molecule has 18 heavy (non-hydrogen) atoms. The van der Waals surface area contributed by atoms with Gasteiger partial charge in [0.2, 0.25) is 17.0 Å². The van der Waals surface area contributed by atoms with Crippen LogP contribution in [0.4, 0.5) is 26.3 Å². The molecule has 0 atom stereocenters. The van der Waals surface area contributed by atoms with Gasteiger partial charge < -0.3 is 9.47 Å². The Morgan fingerprint density at radius 3 is 1.39 bits per heavy atom. The third-order valence-corrected chi connectivity index (χ3v) is 1.68. The molecule has 0 unspecified atom stereocenters. The Labute approximate surface area is 104 Å². The summed E-state index contributed by atoms with van der Waals surface area (Å²) in [6, 6.07) is 0. The van der Waals surface area contributed by atoms with Crippen molar-refractivity contribution in [3.05, 3.63) is 10.3 Å². The molecule has 0 aromatic carbocycles. The van der Waals surface area contributed by atoms with E-state index in [0.29, 0.717) is 0 Å². The van der Waals surface area contributed by atoms with Crippen LogP contribution in [0.5, 0.6) is 11.8 Å². The van der Waals surface area contributed by atoms with E-state index >= 15 is 0 Å². The third-order valence-electron chi connectivity index (χ3n) is 1.19. The zero-order valence-corrected chi connectivity index (χ0v) is 9.25. The highest BCUT2D eigenvalue weighted by molar-refractivity contribution is 6.33. The molecule has 102 valence electrons. The molecule has 0 N–H and O–H groups in total. The molecule has 4 nitrogen and oxygen atoms in total. The van der Waals surface area contributed by atoms with E-state index in [1.54, 1.807) is 0 Å². The highest BCUT2D eigenvalue weighted by Crippen LogP contribution is 2.37. The van der Waals surface area contributed by atoms with E-state index in [0.717, 1.165) is 0 Å². The third kappa shape index (κ3) is 4.61. The lowest BCUT2D eigenvalue weighted by molar-refractivity contribution is -0.278. The number of ether oxygens (including phenoxy) is 2. The molecule has 0 amide bonds. The van der Waals surface area contributed by atoms with E-state index in [-0.39, 0.29) is 0 Å². The maximum atomic E-state index is 11.9. The van der Waals surface area contributed by atoms with Gasteiger partial charge in [0, 0.05) is 0 Å². The smallest absolute Gasteiger partial charge is 0.386 e. The Hall–Kier alpha value is -1.16. The van der Waals surface area contributed by atoms with Gasteiger partial charge in [-0.3, -0.25) is 0 Å². The second kappa shape index (κ2) is 4.84. The van der Waals surface area contributed by atoms with Gasteiger partial charge in [0.25, 0.3) is 0 Å². The fraction of sp³-hybridized carbons (Fsp3) is 0.333. The minimum atomic E-state index is -5.21. The molecule has 0 bridgehead atoms. The largest absolute Gasteiger partial charge is 0.574 e. The summed E-state index contributed by atoms with van der Waals surface area (Å²) < 4.78 is 77.8. The lowest BCUT2D eigenvalue weighted by atomic mass is 10.6. The summed E-state index contributed by atoms with van der Waals surface area (Å²) in [6.45, 7) is 0. The first kappa shape index (κ1) is 14.9. The topological polar surface area (TPSA) is 44.2 Å². The average molecular weight is 317 g/mol. The summed E-state index contributed by atoms with van der Waals surface area (Å²) >= 11 is 10.3. The standard InChI is InChI=1S/C6Cl2F6N2O2/c7-1-2(17-5(9,10)11)15-4(8)16-3(1)18-6(12,13)14. The molecule has 1 aromatic heterocycles. The molecule has 0 aliphatic carbocycles. The number of alkyl halides is 6. The highest BCUT2D eigenvalue weighted by atomic mass is 35.5. The van der Waals surface area contributed by atoms with Crippen LogP contribution in [-0.2, 0) is 0 Å². The fourth-order valence-corrected chi connectivity index (χ4v) is 1.05. The van der Waals surface area contributed by atoms with Crippen LogP contribution in [-0.4, -0.2) is 22.7 Å². The Morgan fingerprint density at radius 1 is 0.778 bits per heavy atom. The van der Waals surface area contributed by atoms with Crippen LogP contribution in [0, 0.1) is 0 Å². The van der Waals surface area contributed by atoms with E-state index in [1.165, 1.54) is 0 Å². The minimum Gasteiger partial charge on any atom is -0.386 e. The second-order valence-electron chi connectivity index (χ2n) is 2.51. The molecule has 12 heteroatoms. The van der Waals surface area contributed by atoms with Crippen LogP contribution in [0.2, 0.25) is 10.3 Å². The van der Waals surface area contributed by atoms with Gasteiger partial charge in [0.05, 0.1) is 0 Å². The van der Waals surface area contributed by atoms with Crippen molar-refractivity contribution in [2.24, 2.45) is 0 Å². The van der Waals surface area contributed by atoms with E-state index in [9.17, 15) is 26.3 Å². The highest BCUT2D eigenvalue weighted by Gasteiger charge is 2.37. The van der Waals surface area contributed by atoms with Gasteiger partial charge in [-0.05, 0) is 11.6 Å². The van der Waals surface area contributed by atoms with Crippen LogP contribution in [0.1, 0.15) is 0 Å². The molecule has 1 heterocycles. The number of hydrogen-bond acceptors (Lipinski definition) is 4.